The van der Waals surface area contributed by atoms with Gasteiger partial charge in [0.15, 0.2) is 0 Å². The molecule has 0 bridgehead atoms. The van der Waals surface area contributed by atoms with Gasteiger partial charge in [0, 0.05) is 11.7 Å². The van der Waals surface area contributed by atoms with Gasteiger partial charge in [-0.05, 0) is 61.3 Å². The highest BCUT2D eigenvalue weighted by Crippen LogP contribution is 2.38. The lowest BCUT2D eigenvalue weighted by molar-refractivity contribution is 0.154. The molecule has 1 aromatic carbocycles. The fourth-order valence-electron chi connectivity index (χ4n) is 4.87. The van der Waals surface area contributed by atoms with E-state index in [9.17, 15) is 4.79 Å². The van der Waals surface area contributed by atoms with Crippen LogP contribution in [0.15, 0.2) is 24.3 Å². The van der Waals surface area contributed by atoms with Gasteiger partial charge in [0.25, 0.3) is 0 Å². The summed E-state index contributed by atoms with van der Waals surface area (Å²) in [4.78, 5) is 12.4. The summed E-state index contributed by atoms with van der Waals surface area (Å²) < 4.78 is 5.84. The molecule has 4 nitrogen and oxygen atoms in total. The predicted octanol–water partition coefficient (Wildman–Crippen LogP) is 7.54. The van der Waals surface area contributed by atoms with Crippen molar-refractivity contribution in [3.8, 4) is 5.75 Å². The van der Waals surface area contributed by atoms with Gasteiger partial charge in [0.05, 0.1) is 6.61 Å². The summed E-state index contributed by atoms with van der Waals surface area (Å²) in [5, 5.41) is 6.11. The number of carbonyl (C=O) groups excluding carboxylic acids is 1. The third-order valence-electron chi connectivity index (χ3n) is 6.10. The van der Waals surface area contributed by atoms with Crippen molar-refractivity contribution in [2.45, 2.75) is 104 Å². The molecule has 0 spiro atoms. The van der Waals surface area contributed by atoms with Gasteiger partial charge in [0.2, 0.25) is 0 Å². The largest absolute Gasteiger partial charge is 0.494 e. The van der Waals surface area contributed by atoms with Crippen molar-refractivity contribution in [2.75, 3.05) is 11.9 Å². The molecule has 0 aromatic heterocycles. The van der Waals surface area contributed by atoms with Crippen LogP contribution in [0.25, 0.3) is 0 Å². The number of urea groups is 1. The van der Waals surface area contributed by atoms with Gasteiger partial charge in [-0.1, -0.05) is 72.6 Å². The van der Waals surface area contributed by atoms with E-state index in [0.29, 0.717) is 11.3 Å². The van der Waals surface area contributed by atoms with E-state index in [2.05, 4.69) is 38.3 Å². The lowest BCUT2D eigenvalue weighted by Gasteiger charge is -2.39. The van der Waals surface area contributed by atoms with Gasteiger partial charge in [-0.3, -0.25) is 0 Å². The van der Waals surface area contributed by atoms with Gasteiger partial charge in [-0.15, -0.1) is 0 Å². The fourth-order valence-corrected chi connectivity index (χ4v) is 4.87. The Labute approximate surface area is 184 Å². The van der Waals surface area contributed by atoms with E-state index in [1.807, 2.05) is 24.3 Å². The number of anilines is 1. The highest BCUT2D eigenvalue weighted by Gasteiger charge is 2.32. The molecular formula is C26H44N2O2. The Balaban J connectivity index is 1.61. The maximum atomic E-state index is 12.4. The summed E-state index contributed by atoms with van der Waals surface area (Å²) in [6, 6.07) is 7.83. The topological polar surface area (TPSA) is 50.4 Å². The quantitative estimate of drug-likeness (QED) is 0.346. The Morgan fingerprint density at radius 1 is 1.00 bits per heavy atom. The molecule has 170 valence electrons. The molecule has 1 saturated carbocycles. The molecule has 2 amide bonds. The smallest absolute Gasteiger partial charge is 0.319 e. The summed E-state index contributed by atoms with van der Waals surface area (Å²) in [6.07, 6.45) is 13.7. The Morgan fingerprint density at radius 3 is 2.27 bits per heavy atom. The third kappa shape index (κ3) is 9.86. The normalized spacial score (nSPS) is 20.5. The number of hydrogen-bond donors (Lipinski definition) is 2. The Hall–Kier alpha value is -1.71. The van der Waals surface area contributed by atoms with E-state index in [-0.39, 0.29) is 12.1 Å². The van der Waals surface area contributed by atoms with Crippen molar-refractivity contribution in [3.63, 3.8) is 0 Å². The molecule has 1 fully saturated rings. The molecule has 0 saturated heterocycles. The zero-order chi connectivity index (χ0) is 21.8. The Bertz CT molecular complexity index is 612. The van der Waals surface area contributed by atoms with Gasteiger partial charge < -0.3 is 15.4 Å². The molecular weight excluding hydrogens is 372 g/mol. The highest BCUT2D eigenvalue weighted by molar-refractivity contribution is 5.89. The van der Waals surface area contributed by atoms with Crippen molar-refractivity contribution in [1.82, 2.24) is 5.32 Å². The van der Waals surface area contributed by atoms with Crippen LogP contribution in [-0.4, -0.2) is 18.7 Å². The molecule has 2 rings (SSSR count). The molecule has 0 radical (unpaired) electrons. The lowest BCUT2D eigenvalue weighted by atomic mass is 9.71. The van der Waals surface area contributed by atoms with Crippen molar-refractivity contribution < 1.29 is 9.53 Å². The number of ether oxygens (including phenoxy) is 1. The Morgan fingerprint density at radius 2 is 1.63 bits per heavy atom. The van der Waals surface area contributed by atoms with Crippen LogP contribution in [0.2, 0.25) is 0 Å². The molecule has 4 heteroatoms. The maximum Gasteiger partial charge on any atom is 0.319 e. The highest BCUT2D eigenvalue weighted by atomic mass is 16.5. The average Bonchev–Trinajstić information content (AvgIpc) is 2.66. The molecule has 30 heavy (non-hydrogen) atoms. The molecule has 2 atom stereocenters. The number of benzene rings is 1. The molecule has 1 aliphatic rings. The van der Waals surface area contributed by atoms with E-state index in [4.69, 9.17) is 4.74 Å². The van der Waals surface area contributed by atoms with E-state index >= 15 is 0 Å². The van der Waals surface area contributed by atoms with E-state index in [1.165, 1.54) is 51.4 Å². The summed E-state index contributed by atoms with van der Waals surface area (Å²) in [5.74, 6) is 1.52. The van der Waals surface area contributed by atoms with Gasteiger partial charge >= 0.3 is 6.03 Å². The summed E-state index contributed by atoms with van der Waals surface area (Å²) in [6.45, 7) is 9.88. The van der Waals surface area contributed by atoms with Crippen molar-refractivity contribution in [2.24, 2.45) is 11.3 Å². The first kappa shape index (κ1) is 24.6. The van der Waals surface area contributed by atoms with Crippen LogP contribution in [-0.2, 0) is 0 Å². The Kier molecular flexibility index (Phi) is 10.5. The fraction of sp³-hybridized carbons (Fsp3) is 0.731. The SMILES string of the molecule is CCCCCCCCCCOc1ccc(NC(=O)N[C@@H]2C[C@H](C)CC(C)(C)C2)cc1. The van der Waals surface area contributed by atoms with Crippen molar-refractivity contribution in [3.05, 3.63) is 24.3 Å². The number of hydrogen-bond acceptors (Lipinski definition) is 2. The van der Waals surface area contributed by atoms with Crippen LogP contribution < -0.4 is 15.4 Å². The number of rotatable bonds is 12. The third-order valence-corrected chi connectivity index (χ3v) is 6.10. The van der Waals surface area contributed by atoms with Crippen LogP contribution >= 0.6 is 0 Å². The number of carbonyl (C=O) groups is 1. The number of amides is 2. The van der Waals surface area contributed by atoms with Gasteiger partial charge in [-0.2, -0.15) is 0 Å². The second kappa shape index (κ2) is 12.9. The van der Waals surface area contributed by atoms with Crippen molar-refractivity contribution in [1.29, 1.82) is 0 Å². The maximum absolute atomic E-state index is 12.4. The van der Waals surface area contributed by atoms with Crippen LogP contribution in [0, 0.1) is 11.3 Å². The predicted molar refractivity (Wildman–Crippen MR) is 127 cm³/mol. The first-order chi connectivity index (χ1) is 14.4. The number of nitrogens with one attached hydrogen (secondary N) is 2. The summed E-state index contributed by atoms with van der Waals surface area (Å²) in [7, 11) is 0. The van der Waals surface area contributed by atoms with Crippen molar-refractivity contribution >= 4 is 11.7 Å². The molecule has 0 heterocycles. The zero-order valence-electron chi connectivity index (χ0n) is 19.8. The molecule has 0 unspecified atom stereocenters. The zero-order valence-corrected chi connectivity index (χ0v) is 19.8. The van der Waals surface area contributed by atoms with E-state index < -0.39 is 0 Å². The molecule has 1 aromatic rings. The number of unbranched alkanes of at least 4 members (excludes halogenated alkanes) is 7. The minimum absolute atomic E-state index is 0.113. The molecule has 1 aliphatic carbocycles. The van der Waals surface area contributed by atoms with Crippen LogP contribution in [0.5, 0.6) is 5.75 Å². The first-order valence-corrected chi connectivity index (χ1v) is 12.2. The molecule has 2 N–H and O–H groups in total. The minimum atomic E-state index is -0.113. The van der Waals surface area contributed by atoms with Crippen LogP contribution in [0.4, 0.5) is 10.5 Å². The van der Waals surface area contributed by atoms with Gasteiger partial charge in [-0.25, -0.2) is 4.79 Å². The second-order valence-corrected chi connectivity index (χ2v) is 10.1. The van der Waals surface area contributed by atoms with Gasteiger partial charge in [0.1, 0.15) is 5.75 Å². The standard InChI is InChI=1S/C26H44N2O2/c1-5-6-7-8-9-10-11-12-17-30-24-15-13-22(14-16-24)27-25(29)28-23-18-21(2)19-26(3,4)20-23/h13-16,21,23H,5-12,17-20H2,1-4H3,(H2,27,28,29)/t21-,23+/m0/s1. The van der Waals surface area contributed by atoms with E-state index in [0.717, 1.165) is 37.3 Å². The van der Waals surface area contributed by atoms with E-state index in [1.54, 1.807) is 0 Å². The summed E-state index contributed by atoms with van der Waals surface area (Å²) >= 11 is 0. The first-order valence-electron chi connectivity index (χ1n) is 12.2. The monoisotopic (exact) mass is 416 g/mol. The van der Waals surface area contributed by atoms with Crippen LogP contribution in [0.1, 0.15) is 98.3 Å². The van der Waals surface area contributed by atoms with Crippen LogP contribution in [0.3, 0.4) is 0 Å². The summed E-state index contributed by atoms with van der Waals surface area (Å²) in [5.41, 5.74) is 1.10. The molecule has 0 aliphatic heterocycles. The average molecular weight is 417 g/mol. The second-order valence-electron chi connectivity index (χ2n) is 10.1. The minimum Gasteiger partial charge on any atom is -0.494 e. The lowest BCUT2D eigenvalue weighted by Crippen LogP contribution is -2.44.